The van der Waals surface area contributed by atoms with Gasteiger partial charge in [0.2, 0.25) is 17.8 Å². The van der Waals surface area contributed by atoms with Crippen LogP contribution in [0.2, 0.25) is 0 Å². The third-order valence-electron chi connectivity index (χ3n) is 10.7. The Labute approximate surface area is 305 Å². The maximum absolute atomic E-state index is 13.4. The maximum atomic E-state index is 13.4. The first kappa shape index (κ1) is 36.6. The molecule has 3 heterocycles. The van der Waals surface area contributed by atoms with Crippen LogP contribution in [0.25, 0.3) is 11.0 Å². The molecule has 1 aromatic heterocycles. The first-order valence-corrected chi connectivity index (χ1v) is 18.3. The number of alkyl halides is 3. The number of hydrogen-bond donors (Lipinski definition) is 4. The van der Waals surface area contributed by atoms with E-state index >= 15 is 0 Å². The van der Waals surface area contributed by atoms with Gasteiger partial charge in [-0.3, -0.25) is 34.8 Å². The number of anilines is 2. The standard InChI is InChI=1S/C39H44F3N7O4/c40-39(41,42)29-3-1-2-28(21-29)36(52)46-38-44-33-20-27(8-14-34(33)49(38)31-11-6-26(24-50)7-12-31)23-48-18-16-47(17-19-48)22-25-4-9-30(10-5-25)43-32-13-15-35(51)45-37(32)53/h1-5,8-10,14,20-21,26,31-32,43,50H,6-7,11-13,15-19,22-24H2,(H,44,46,52)(H,45,51,53). The van der Waals surface area contributed by atoms with Gasteiger partial charge in [-0.15, -0.1) is 0 Å². The zero-order valence-electron chi connectivity index (χ0n) is 29.4. The molecule has 7 rings (SSSR count). The second-order valence-corrected chi connectivity index (χ2v) is 14.4. The van der Waals surface area contributed by atoms with Gasteiger partial charge in [-0.05, 0) is 91.6 Å². The Morgan fingerprint density at radius 3 is 2.21 bits per heavy atom. The number of hydrogen-bond acceptors (Lipinski definition) is 8. The number of carbonyl (C=O) groups is 3. The van der Waals surface area contributed by atoms with E-state index in [2.05, 4.69) is 43.9 Å². The maximum Gasteiger partial charge on any atom is 0.416 e. The monoisotopic (exact) mass is 731 g/mol. The van der Waals surface area contributed by atoms with Gasteiger partial charge in [0.1, 0.15) is 6.04 Å². The van der Waals surface area contributed by atoms with Crippen LogP contribution < -0.4 is 16.0 Å². The van der Waals surface area contributed by atoms with E-state index in [1.54, 1.807) is 0 Å². The normalized spacial score (nSPS) is 21.8. The summed E-state index contributed by atoms with van der Waals surface area (Å²) in [5, 5.41) is 18.1. The van der Waals surface area contributed by atoms with Gasteiger partial charge in [-0.25, -0.2) is 4.98 Å². The summed E-state index contributed by atoms with van der Waals surface area (Å²) >= 11 is 0. The molecule has 2 saturated heterocycles. The minimum Gasteiger partial charge on any atom is -0.396 e. The summed E-state index contributed by atoms with van der Waals surface area (Å²) in [6, 6.07) is 18.2. The molecule has 1 unspecified atom stereocenters. The number of imide groups is 1. The van der Waals surface area contributed by atoms with Crippen LogP contribution in [-0.2, 0) is 28.9 Å². The number of aliphatic hydroxyl groups is 1. The van der Waals surface area contributed by atoms with Crippen LogP contribution >= 0.6 is 0 Å². The molecule has 1 atom stereocenters. The number of fused-ring (bicyclic) bond motifs is 1. The van der Waals surface area contributed by atoms with Gasteiger partial charge in [0.15, 0.2) is 0 Å². The molecule has 14 heteroatoms. The topological polar surface area (TPSA) is 132 Å². The van der Waals surface area contributed by atoms with Crippen molar-refractivity contribution in [1.82, 2.24) is 24.7 Å². The lowest BCUT2D eigenvalue weighted by Gasteiger charge is -2.34. The van der Waals surface area contributed by atoms with Crippen LogP contribution in [0.1, 0.15) is 71.6 Å². The molecule has 3 fully saturated rings. The molecule has 53 heavy (non-hydrogen) atoms. The Kier molecular flexibility index (Phi) is 10.8. The Morgan fingerprint density at radius 2 is 1.55 bits per heavy atom. The number of piperazine rings is 1. The van der Waals surface area contributed by atoms with E-state index < -0.39 is 23.7 Å². The van der Waals surface area contributed by atoms with E-state index in [4.69, 9.17) is 4.98 Å². The van der Waals surface area contributed by atoms with Gasteiger partial charge in [-0.2, -0.15) is 13.2 Å². The molecule has 4 N–H and O–H groups in total. The number of benzene rings is 3. The summed E-state index contributed by atoms with van der Waals surface area (Å²) in [5.74, 6) is -0.649. The van der Waals surface area contributed by atoms with Crippen molar-refractivity contribution in [1.29, 1.82) is 0 Å². The number of halogens is 3. The molecule has 3 aromatic carbocycles. The summed E-state index contributed by atoms with van der Waals surface area (Å²) in [7, 11) is 0. The van der Waals surface area contributed by atoms with E-state index in [1.165, 1.54) is 17.7 Å². The third-order valence-corrected chi connectivity index (χ3v) is 10.7. The molecule has 11 nitrogen and oxygen atoms in total. The molecular weight excluding hydrogens is 687 g/mol. The van der Waals surface area contributed by atoms with Crippen molar-refractivity contribution < 1.29 is 32.7 Å². The predicted molar refractivity (Wildman–Crippen MR) is 194 cm³/mol. The molecule has 0 radical (unpaired) electrons. The van der Waals surface area contributed by atoms with E-state index in [-0.39, 0.29) is 35.9 Å². The van der Waals surface area contributed by atoms with Gasteiger partial charge >= 0.3 is 6.18 Å². The van der Waals surface area contributed by atoms with Crippen LogP contribution in [0.4, 0.5) is 24.8 Å². The van der Waals surface area contributed by atoms with E-state index in [9.17, 15) is 32.7 Å². The first-order chi connectivity index (χ1) is 25.5. The van der Waals surface area contributed by atoms with Crippen LogP contribution in [0, 0.1) is 5.92 Å². The number of piperidine rings is 1. The summed E-state index contributed by atoms with van der Waals surface area (Å²) < 4.78 is 42.1. The van der Waals surface area contributed by atoms with E-state index in [0.29, 0.717) is 24.3 Å². The number of aromatic nitrogens is 2. The minimum absolute atomic E-state index is 0.0244. The third kappa shape index (κ3) is 8.72. The second-order valence-electron chi connectivity index (χ2n) is 14.4. The molecule has 280 valence electrons. The lowest BCUT2D eigenvalue weighted by Crippen LogP contribution is -2.47. The van der Waals surface area contributed by atoms with Gasteiger partial charge in [-0.1, -0.05) is 24.3 Å². The van der Waals surface area contributed by atoms with Crippen LogP contribution in [0.15, 0.2) is 66.7 Å². The SMILES string of the molecule is O=C1CCC(Nc2ccc(CN3CCN(Cc4ccc5c(c4)nc(NC(=O)c4cccc(C(F)(F)F)c4)n5C4CCC(CO)CC4)CC3)cc2)C(=O)N1. The Morgan fingerprint density at radius 1 is 0.868 bits per heavy atom. The number of rotatable bonds is 10. The highest BCUT2D eigenvalue weighted by Gasteiger charge is 2.32. The fourth-order valence-corrected chi connectivity index (χ4v) is 7.66. The lowest BCUT2D eigenvalue weighted by atomic mass is 9.86. The molecule has 1 aliphatic carbocycles. The van der Waals surface area contributed by atoms with Crippen molar-refractivity contribution >= 4 is 40.4 Å². The second kappa shape index (κ2) is 15.7. The lowest BCUT2D eigenvalue weighted by molar-refractivity contribution is -0.137. The van der Waals surface area contributed by atoms with Gasteiger partial charge in [0, 0.05) is 69.6 Å². The number of nitrogens with zero attached hydrogens (tertiary/aromatic N) is 4. The van der Waals surface area contributed by atoms with Gasteiger partial charge in [0.05, 0.1) is 16.6 Å². The highest BCUT2D eigenvalue weighted by atomic mass is 19.4. The molecule has 0 bridgehead atoms. The molecule has 1 saturated carbocycles. The predicted octanol–water partition coefficient (Wildman–Crippen LogP) is 5.57. The minimum atomic E-state index is -4.57. The van der Waals surface area contributed by atoms with Crippen molar-refractivity contribution in [3.63, 3.8) is 0 Å². The largest absolute Gasteiger partial charge is 0.416 e. The molecule has 0 spiro atoms. The van der Waals surface area contributed by atoms with Crippen LogP contribution in [0.3, 0.4) is 0 Å². The Hall–Kier alpha value is -4.79. The summed E-state index contributed by atoms with van der Waals surface area (Å²) in [4.78, 5) is 46.4. The number of carbonyl (C=O) groups excluding carboxylic acids is 3. The fraction of sp³-hybridized carbons (Fsp3) is 0.436. The smallest absolute Gasteiger partial charge is 0.396 e. The van der Waals surface area contributed by atoms with Crippen molar-refractivity contribution in [2.24, 2.45) is 5.92 Å². The zero-order chi connectivity index (χ0) is 37.1. The van der Waals surface area contributed by atoms with Crippen LogP contribution in [0.5, 0.6) is 0 Å². The first-order valence-electron chi connectivity index (χ1n) is 18.3. The molecule has 2 aliphatic heterocycles. The zero-order valence-corrected chi connectivity index (χ0v) is 29.4. The van der Waals surface area contributed by atoms with Gasteiger partial charge in [0.25, 0.3) is 5.91 Å². The van der Waals surface area contributed by atoms with E-state index in [0.717, 1.165) is 93.9 Å². The van der Waals surface area contributed by atoms with Crippen molar-refractivity contribution in [2.45, 2.75) is 69.9 Å². The van der Waals surface area contributed by atoms with Crippen molar-refractivity contribution in [3.05, 3.63) is 89.0 Å². The number of nitrogens with one attached hydrogen (secondary N) is 3. The average Bonchev–Trinajstić information content (AvgIpc) is 3.51. The van der Waals surface area contributed by atoms with E-state index in [1.807, 2.05) is 28.8 Å². The Bertz CT molecular complexity index is 1950. The molecule has 3 aliphatic rings. The molecular formula is C39H44F3N7O4. The fourth-order valence-electron chi connectivity index (χ4n) is 7.66. The molecule has 3 amide bonds. The number of amides is 3. The quantitative estimate of drug-likeness (QED) is 0.156. The van der Waals surface area contributed by atoms with Crippen LogP contribution in [-0.4, -0.2) is 81.0 Å². The van der Waals surface area contributed by atoms with Crippen molar-refractivity contribution in [3.8, 4) is 0 Å². The molecule has 4 aromatic rings. The number of aliphatic hydroxyl groups excluding tert-OH is 1. The average molecular weight is 732 g/mol. The summed E-state index contributed by atoms with van der Waals surface area (Å²) in [6.07, 6.45) is -0.513. The Balaban J connectivity index is 0.990. The van der Waals surface area contributed by atoms with Crippen molar-refractivity contribution in [2.75, 3.05) is 43.4 Å². The summed E-state index contributed by atoms with van der Waals surface area (Å²) in [6.45, 7) is 5.23. The highest BCUT2D eigenvalue weighted by molar-refractivity contribution is 6.04. The number of imidazole rings is 1. The van der Waals surface area contributed by atoms with Gasteiger partial charge < -0.3 is 15.0 Å². The highest BCUT2D eigenvalue weighted by Crippen LogP contribution is 2.37. The summed E-state index contributed by atoms with van der Waals surface area (Å²) in [5.41, 5.74) is 3.67.